The zero-order valence-electron chi connectivity index (χ0n) is 9.77. The Hall–Kier alpha value is -1.03. The number of likely N-dealkylation sites (tertiary alicyclic amines) is 1. The number of nitrogen functional groups attached to an aromatic ring is 1. The van der Waals surface area contributed by atoms with E-state index < -0.39 is 0 Å². The van der Waals surface area contributed by atoms with Crippen LogP contribution in [0.4, 0.5) is 5.69 Å². The maximum absolute atomic E-state index is 12.3. The van der Waals surface area contributed by atoms with Crippen LogP contribution in [0.1, 0.15) is 36.4 Å². The average Bonchev–Trinajstić information content (AvgIpc) is 2.68. The summed E-state index contributed by atoms with van der Waals surface area (Å²) in [5.74, 6) is 0.686. The molecule has 2 rings (SSSR count). The van der Waals surface area contributed by atoms with Crippen molar-refractivity contribution in [3.63, 3.8) is 0 Å². The van der Waals surface area contributed by atoms with E-state index in [2.05, 4.69) is 13.8 Å². The summed E-state index contributed by atoms with van der Waals surface area (Å²) in [6.45, 7) is 5.20. The van der Waals surface area contributed by atoms with Gasteiger partial charge in [0.1, 0.15) is 4.88 Å². The fraction of sp³-hybridized carbons (Fsp3) is 0.583. The maximum atomic E-state index is 12.3. The number of carbonyl (C=O) groups excluding carboxylic acids is 1. The number of amides is 1. The first kappa shape index (κ1) is 11.5. The van der Waals surface area contributed by atoms with E-state index in [-0.39, 0.29) is 5.91 Å². The minimum Gasteiger partial charge on any atom is -0.397 e. The van der Waals surface area contributed by atoms with Gasteiger partial charge in [-0.25, -0.2) is 0 Å². The van der Waals surface area contributed by atoms with Crippen molar-refractivity contribution in [2.75, 3.05) is 12.3 Å². The van der Waals surface area contributed by atoms with Crippen molar-refractivity contribution >= 4 is 22.9 Å². The second-order valence-electron chi connectivity index (χ2n) is 4.56. The molecule has 0 radical (unpaired) electrons. The van der Waals surface area contributed by atoms with Crippen molar-refractivity contribution in [2.24, 2.45) is 5.92 Å². The number of rotatable bonds is 1. The van der Waals surface area contributed by atoms with E-state index in [0.29, 0.717) is 22.5 Å². The highest BCUT2D eigenvalue weighted by Gasteiger charge is 2.30. The van der Waals surface area contributed by atoms with Crippen LogP contribution in [0.2, 0.25) is 0 Å². The van der Waals surface area contributed by atoms with Crippen LogP contribution in [-0.2, 0) is 0 Å². The monoisotopic (exact) mass is 238 g/mol. The molecule has 0 spiro atoms. The van der Waals surface area contributed by atoms with Gasteiger partial charge in [-0.1, -0.05) is 6.92 Å². The van der Waals surface area contributed by atoms with Crippen LogP contribution in [0.25, 0.3) is 0 Å². The van der Waals surface area contributed by atoms with Gasteiger partial charge in [0.2, 0.25) is 0 Å². The summed E-state index contributed by atoms with van der Waals surface area (Å²) in [4.78, 5) is 15.0. The molecule has 1 aromatic rings. The molecule has 1 aliphatic heterocycles. The van der Waals surface area contributed by atoms with Crippen LogP contribution in [-0.4, -0.2) is 23.4 Å². The van der Waals surface area contributed by atoms with Gasteiger partial charge in [-0.15, -0.1) is 11.3 Å². The van der Waals surface area contributed by atoms with Gasteiger partial charge < -0.3 is 10.6 Å². The predicted octanol–water partition coefficient (Wildman–Crippen LogP) is 2.59. The first-order valence-corrected chi connectivity index (χ1v) is 6.63. The van der Waals surface area contributed by atoms with Crippen LogP contribution in [0.3, 0.4) is 0 Å². The quantitative estimate of drug-likeness (QED) is 0.817. The summed E-state index contributed by atoms with van der Waals surface area (Å²) in [5, 5.41) is 1.88. The highest BCUT2D eigenvalue weighted by molar-refractivity contribution is 7.12. The Morgan fingerprint density at radius 1 is 1.56 bits per heavy atom. The van der Waals surface area contributed by atoms with Gasteiger partial charge in [0.05, 0.1) is 5.69 Å². The predicted molar refractivity (Wildman–Crippen MR) is 67.6 cm³/mol. The molecule has 2 unspecified atom stereocenters. The van der Waals surface area contributed by atoms with Crippen molar-refractivity contribution in [2.45, 2.75) is 32.7 Å². The number of hydrogen-bond donors (Lipinski definition) is 1. The highest BCUT2D eigenvalue weighted by Crippen LogP contribution is 2.27. The third-order valence-corrected chi connectivity index (χ3v) is 4.44. The third-order valence-electron chi connectivity index (χ3n) is 3.52. The van der Waals surface area contributed by atoms with E-state index in [1.807, 2.05) is 10.3 Å². The van der Waals surface area contributed by atoms with E-state index in [9.17, 15) is 4.79 Å². The molecule has 0 aliphatic carbocycles. The van der Waals surface area contributed by atoms with Crippen molar-refractivity contribution in [1.29, 1.82) is 0 Å². The highest BCUT2D eigenvalue weighted by atomic mass is 32.1. The molecule has 88 valence electrons. The molecule has 0 saturated carbocycles. The number of carbonyl (C=O) groups is 1. The second-order valence-corrected chi connectivity index (χ2v) is 5.48. The molecule has 2 heterocycles. The minimum atomic E-state index is 0.103. The van der Waals surface area contributed by atoms with Crippen molar-refractivity contribution in [1.82, 2.24) is 4.90 Å². The molecule has 1 fully saturated rings. The number of hydrogen-bond acceptors (Lipinski definition) is 3. The molecule has 1 saturated heterocycles. The average molecular weight is 238 g/mol. The Bertz CT molecular complexity index is 388. The molecule has 1 amide bonds. The summed E-state index contributed by atoms with van der Waals surface area (Å²) in [6.07, 6.45) is 2.31. The first-order chi connectivity index (χ1) is 7.61. The molecule has 16 heavy (non-hydrogen) atoms. The molecule has 2 N–H and O–H groups in total. The van der Waals surface area contributed by atoms with Gasteiger partial charge in [-0.3, -0.25) is 4.79 Å². The molecule has 1 aliphatic rings. The van der Waals surface area contributed by atoms with Crippen LogP contribution < -0.4 is 5.73 Å². The van der Waals surface area contributed by atoms with E-state index in [1.165, 1.54) is 17.8 Å². The van der Waals surface area contributed by atoms with Crippen molar-refractivity contribution < 1.29 is 4.79 Å². The molecular weight excluding hydrogens is 220 g/mol. The summed E-state index contributed by atoms with van der Waals surface area (Å²) in [7, 11) is 0. The fourth-order valence-corrected chi connectivity index (χ4v) is 3.02. The zero-order chi connectivity index (χ0) is 11.7. The van der Waals surface area contributed by atoms with Crippen LogP contribution in [0.5, 0.6) is 0 Å². The molecule has 0 bridgehead atoms. The summed E-state index contributed by atoms with van der Waals surface area (Å²) in [5.41, 5.74) is 6.40. The lowest BCUT2D eigenvalue weighted by atomic mass is 9.92. The van der Waals surface area contributed by atoms with Crippen molar-refractivity contribution in [3.05, 3.63) is 16.3 Å². The van der Waals surface area contributed by atoms with Gasteiger partial charge in [-0.05, 0) is 37.1 Å². The summed E-state index contributed by atoms with van der Waals surface area (Å²) < 4.78 is 0. The largest absolute Gasteiger partial charge is 0.397 e. The Morgan fingerprint density at radius 3 is 2.94 bits per heavy atom. The number of anilines is 1. The number of thiophene rings is 1. The topological polar surface area (TPSA) is 46.3 Å². The Balaban J connectivity index is 2.18. The van der Waals surface area contributed by atoms with Gasteiger partial charge in [0, 0.05) is 12.6 Å². The number of piperidine rings is 1. The van der Waals surface area contributed by atoms with E-state index in [4.69, 9.17) is 5.73 Å². The second kappa shape index (κ2) is 4.45. The Morgan fingerprint density at radius 2 is 2.31 bits per heavy atom. The summed E-state index contributed by atoms with van der Waals surface area (Å²) >= 11 is 1.44. The maximum Gasteiger partial charge on any atom is 0.266 e. The lowest BCUT2D eigenvalue weighted by molar-refractivity contribution is 0.0557. The van der Waals surface area contributed by atoms with Crippen LogP contribution in [0.15, 0.2) is 11.4 Å². The SMILES string of the molecule is CC1CCCN(C(=O)c2sccc2N)C1C. The molecular formula is C12H18N2OS. The van der Waals surface area contributed by atoms with Gasteiger partial charge in [0.15, 0.2) is 0 Å². The Kier molecular flexibility index (Phi) is 3.19. The van der Waals surface area contributed by atoms with Crippen molar-refractivity contribution in [3.8, 4) is 0 Å². The lowest BCUT2D eigenvalue weighted by Gasteiger charge is -2.37. The molecule has 0 aromatic carbocycles. The van der Waals surface area contributed by atoms with Crippen LogP contribution >= 0.6 is 11.3 Å². The van der Waals surface area contributed by atoms with E-state index in [0.717, 1.165) is 13.0 Å². The minimum absolute atomic E-state index is 0.103. The lowest BCUT2D eigenvalue weighted by Crippen LogP contribution is -2.45. The Labute approximate surface area is 100 Å². The van der Waals surface area contributed by atoms with Gasteiger partial charge in [-0.2, -0.15) is 0 Å². The molecule has 3 nitrogen and oxygen atoms in total. The standard InChI is InChI=1S/C12H18N2OS/c1-8-4-3-6-14(9(8)2)12(15)11-10(13)5-7-16-11/h5,7-9H,3-4,6,13H2,1-2H3. The number of nitrogens with zero attached hydrogens (tertiary/aromatic N) is 1. The van der Waals surface area contributed by atoms with Crippen LogP contribution in [0, 0.1) is 5.92 Å². The van der Waals surface area contributed by atoms with E-state index in [1.54, 1.807) is 6.07 Å². The number of nitrogens with two attached hydrogens (primary N) is 1. The normalized spacial score (nSPS) is 25.8. The molecule has 1 aromatic heterocycles. The fourth-order valence-electron chi connectivity index (χ4n) is 2.25. The summed E-state index contributed by atoms with van der Waals surface area (Å²) in [6, 6.07) is 2.12. The first-order valence-electron chi connectivity index (χ1n) is 5.75. The zero-order valence-corrected chi connectivity index (χ0v) is 10.6. The molecule has 4 heteroatoms. The van der Waals surface area contributed by atoms with E-state index >= 15 is 0 Å². The van der Waals surface area contributed by atoms with Gasteiger partial charge >= 0.3 is 0 Å². The van der Waals surface area contributed by atoms with Gasteiger partial charge in [0.25, 0.3) is 5.91 Å². The third kappa shape index (κ3) is 1.94. The smallest absolute Gasteiger partial charge is 0.266 e. The molecule has 2 atom stereocenters.